The number of amides is 1. The fraction of sp³-hybridized carbons (Fsp3) is 0.938. The highest BCUT2D eigenvalue weighted by molar-refractivity contribution is 5.67. The molecule has 0 saturated heterocycles. The molecule has 0 aromatic carbocycles. The molecule has 0 rings (SSSR count). The third-order valence-corrected chi connectivity index (χ3v) is 3.17. The zero-order valence-corrected chi connectivity index (χ0v) is 15.2. The summed E-state index contributed by atoms with van der Waals surface area (Å²) in [6.07, 6.45) is 2.46. The third kappa shape index (κ3) is 9.97. The predicted molar refractivity (Wildman–Crippen MR) is 88.0 cm³/mol. The van der Waals surface area contributed by atoms with Crippen LogP contribution in [0, 0.1) is 0 Å². The van der Waals surface area contributed by atoms with Crippen molar-refractivity contribution in [3.8, 4) is 0 Å². The summed E-state index contributed by atoms with van der Waals surface area (Å²) >= 11 is 0. The molecule has 2 N–H and O–H groups in total. The largest absolute Gasteiger partial charge is 0.444 e. The van der Waals surface area contributed by atoms with Gasteiger partial charge in [-0.1, -0.05) is 19.8 Å². The molecule has 0 heterocycles. The number of nitrogens with one attached hydrogen (secondary N) is 2. The van der Waals surface area contributed by atoms with Crippen LogP contribution in [0.15, 0.2) is 0 Å². The van der Waals surface area contributed by atoms with Gasteiger partial charge < -0.3 is 24.8 Å². The molecule has 0 aliphatic heterocycles. The van der Waals surface area contributed by atoms with E-state index >= 15 is 0 Å². The molecule has 0 aliphatic rings. The maximum Gasteiger partial charge on any atom is 0.407 e. The second-order valence-electron chi connectivity index (χ2n) is 6.52. The van der Waals surface area contributed by atoms with Crippen molar-refractivity contribution < 1.29 is 19.0 Å². The molecule has 0 aromatic heterocycles. The van der Waals surface area contributed by atoms with E-state index < -0.39 is 11.7 Å². The zero-order valence-electron chi connectivity index (χ0n) is 15.2. The monoisotopic (exact) mass is 318 g/mol. The van der Waals surface area contributed by atoms with E-state index in [4.69, 9.17) is 14.2 Å². The SMILES string of the molecule is CCCCC(CNC(=O)OC(C)(C)C)NC(C)C(OC)OC. The molecule has 1 amide bonds. The minimum absolute atomic E-state index is 0.0253. The molecule has 132 valence electrons. The van der Waals surface area contributed by atoms with Gasteiger partial charge >= 0.3 is 6.09 Å². The second-order valence-corrected chi connectivity index (χ2v) is 6.52. The number of methoxy groups -OCH3 is 2. The van der Waals surface area contributed by atoms with Crippen LogP contribution in [0.4, 0.5) is 4.79 Å². The van der Waals surface area contributed by atoms with Gasteiger partial charge in [-0.25, -0.2) is 4.79 Å². The third-order valence-electron chi connectivity index (χ3n) is 3.17. The Balaban J connectivity index is 4.42. The van der Waals surface area contributed by atoms with E-state index in [-0.39, 0.29) is 18.4 Å². The van der Waals surface area contributed by atoms with Gasteiger partial charge in [0, 0.05) is 26.8 Å². The summed E-state index contributed by atoms with van der Waals surface area (Å²) < 4.78 is 15.8. The van der Waals surface area contributed by atoms with E-state index in [2.05, 4.69) is 17.6 Å². The first-order valence-corrected chi connectivity index (χ1v) is 8.02. The van der Waals surface area contributed by atoms with Crippen LogP contribution >= 0.6 is 0 Å². The molecule has 0 aromatic rings. The van der Waals surface area contributed by atoms with E-state index in [0.29, 0.717) is 6.54 Å². The number of carbonyl (C=O) groups excluding carboxylic acids is 1. The molecular formula is C16H34N2O4. The molecule has 6 nitrogen and oxygen atoms in total. The molecular weight excluding hydrogens is 284 g/mol. The van der Waals surface area contributed by atoms with Crippen LogP contribution in [0.2, 0.25) is 0 Å². The summed E-state index contributed by atoms with van der Waals surface area (Å²) in [5, 5.41) is 6.27. The van der Waals surface area contributed by atoms with Crippen molar-refractivity contribution in [1.82, 2.24) is 10.6 Å². The Hall–Kier alpha value is -0.850. The Morgan fingerprint density at radius 2 is 1.77 bits per heavy atom. The predicted octanol–water partition coefficient (Wildman–Crippen LogP) is 2.67. The smallest absolute Gasteiger partial charge is 0.407 e. The van der Waals surface area contributed by atoms with E-state index in [0.717, 1.165) is 19.3 Å². The van der Waals surface area contributed by atoms with Gasteiger partial charge in [0.2, 0.25) is 0 Å². The van der Waals surface area contributed by atoms with Gasteiger partial charge in [-0.2, -0.15) is 0 Å². The molecule has 0 aliphatic carbocycles. The minimum atomic E-state index is -0.485. The normalized spacial score (nSPS) is 14.7. The molecule has 22 heavy (non-hydrogen) atoms. The number of alkyl carbamates (subject to hydrolysis) is 1. The first-order chi connectivity index (χ1) is 10.2. The van der Waals surface area contributed by atoms with Crippen molar-refractivity contribution in [2.45, 2.75) is 77.9 Å². The minimum Gasteiger partial charge on any atom is -0.444 e. The van der Waals surface area contributed by atoms with E-state index in [1.165, 1.54) is 0 Å². The zero-order chi connectivity index (χ0) is 17.2. The van der Waals surface area contributed by atoms with E-state index in [1.54, 1.807) is 14.2 Å². The average Bonchev–Trinajstić information content (AvgIpc) is 2.41. The lowest BCUT2D eigenvalue weighted by Crippen LogP contribution is -2.50. The van der Waals surface area contributed by atoms with Crippen LogP contribution < -0.4 is 10.6 Å². The summed E-state index contributed by atoms with van der Waals surface area (Å²) in [4.78, 5) is 11.8. The van der Waals surface area contributed by atoms with Crippen molar-refractivity contribution in [3.05, 3.63) is 0 Å². The molecule has 0 fully saturated rings. The fourth-order valence-electron chi connectivity index (χ4n) is 2.17. The van der Waals surface area contributed by atoms with Gasteiger partial charge in [0.1, 0.15) is 5.60 Å². The van der Waals surface area contributed by atoms with Crippen LogP contribution in [0.5, 0.6) is 0 Å². The lowest BCUT2D eigenvalue weighted by molar-refractivity contribution is -0.121. The highest BCUT2D eigenvalue weighted by atomic mass is 16.7. The number of hydrogen-bond acceptors (Lipinski definition) is 5. The summed E-state index contributed by atoms with van der Waals surface area (Å²) in [6, 6.07) is 0.174. The summed E-state index contributed by atoms with van der Waals surface area (Å²) in [5.74, 6) is 0. The average molecular weight is 318 g/mol. The van der Waals surface area contributed by atoms with Crippen LogP contribution in [-0.4, -0.2) is 50.8 Å². The Labute approximate surface area is 135 Å². The quantitative estimate of drug-likeness (QED) is 0.606. The van der Waals surface area contributed by atoms with Crippen molar-refractivity contribution in [2.24, 2.45) is 0 Å². The van der Waals surface area contributed by atoms with Gasteiger partial charge in [0.15, 0.2) is 6.29 Å². The lowest BCUT2D eigenvalue weighted by Gasteiger charge is -2.28. The molecule has 0 bridgehead atoms. The van der Waals surface area contributed by atoms with Crippen LogP contribution in [0.1, 0.15) is 53.9 Å². The molecule has 6 heteroatoms. The molecule has 2 unspecified atom stereocenters. The van der Waals surface area contributed by atoms with Gasteiger partial charge in [-0.15, -0.1) is 0 Å². The summed E-state index contributed by atoms with van der Waals surface area (Å²) in [6.45, 7) is 10.2. The Morgan fingerprint density at radius 1 is 1.18 bits per heavy atom. The molecule has 0 radical (unpaired) electrons. The van der Waals surface area contributed by atoms with Gasteiger partial charge in [-0.3, -0.25) is 0 Å². The van der Waals surface area contributed by atoms with Gasteiger partial charge in [0.25, 0.3) is 0 Å². The van der Waals surface area contributed by atoms with E-state index in [1.807, 2.05) is 27.7 Å². The van der Waals surface area contributed by atoms with Crippen molar-refractivity contribution in [2.75, 3.05) is 20.8 Å². The Morgan fingerprint density at radius 3 is 2.23 bits per heavy atom. The summed E-state index contributed by atoms with van der Waals surface area (Å²) in [7, 11) is 3.23. The topological polar surface area (TPSA) is 68.8 Å². The maximum atomic E-state index is 11.8. The van der Waals surface area contributed by atoms with Crippen LogP contribution in [0.25, 0.3) is 0 Å². The summed E-state index contributed by atoms with van der Waals surface area (Å²) in [5.41, 5.74) is -0.485. The lowest BCUT2D eigenvalue weighted by atomic mass is 10.1. The van der Waals surface area contributed by atoms with E-state index in [9.17, 15) is 4.79 Å². The fourth-order valence-corrected chi connectivity index (χ4v) is 2.17. The number of hydrogen-bond donors (Lipinski definition) is 2. The highest BCUT2D eigenvalue weighted by Gasteiger charge is 2.21. The van der Waals surface area contributed by atoms with Gasteiger partial charge in [0.05, 0.1) is 6.04 Å². The molecule has 0 spiro atoms. The van der Waals surface area contributed by atoms with Crippen molar-refractivity contribution in [1.29, 1.82) is 0 Å². The van der Waals surface area contributed by atoms with Crippen LogP contribution in [-0.2, 0) is 14.2 Å². The van der Waals surface area contributed by atoms with Crippen LogP contribution in [0.3, 0.4) is 0 Å². The van der Waals surface area contributed by atoms with Gasteiger partial charge in [-0.05, 0) is 34.1 Å². The molecule has 2 atom stereocenters. The number of rotatable bonds is 10. The molecule has 0 saturated carbocycles. The first-order valence-electron chi connectivity index (χ1n) is 8.02. The van der Waals surface area contributed by atoms with Crippen molar-refractivity contribution >= 4 is 6.09 Å². The Kier molecular flexibility index (Phi) is 10.4. The Bertz CT molecular complexity index is 301. The highest BCUT2D eigenvalue weighted by Crippen LogP contribution is 2.08. The number of unbranched alkanes of at least 4 members (excludes halogenated alkanes) is 1. The number of ether oxygens (including phenoxy) is 3. The first kappa shape index (κ1) is 21.1. The number of carbonyl (C=O) groups is 1. The standard InChI is InChI=1S/C16H34N2O4/c1-8-9-10-13(18-12(2)14(20-6)21-7)11-17-15(19)22-16(3,4)5/h12-14,18H,8-11H2,1-7H3,(H,17,19). The second kappa shape index (κ2) is 10.8. The maximum absolute atomic E-state index is 11.8. The van der Waals surface area contributed by atoms with Crippen molar-refractivity contribution in [3.63, 3.8) is 0 Å².